The van der Waals surface area contributed by atoms with Gasteiger partial charge in [0.05, 0.1) is 17.5 Å². The highest BCUT2D eigenvalue weighted by Crippen LogP contribution is 2.16. The molecule has 1 saturated heterocycles. The Morgan fingerprint density at radius 1 is 0.967 bits per heavy atom. The van der Waals surface area contributed by atoms with Crippen LogP contribution in [0, 0.1) is 12.7 Å². The summed E-state index contributed by atoms with van der Waals surface area (Å²) >= 11 is 0. The highest BCUT2D eigenvalue weighted by molar-refractivity contribution is 5.82. The Hall–Kier alpha value is -3.22. The molecule has 3 aromatic rings. The van der Waals surface area contributed by atoms with E-state index in [0.717, 1.165) is 23.3 Å². The van der Waals surface area contributed by atoms with Crippen molar-refractivity contribution in [1.29, 1.82) is 0 Å². The Labute approximate surface area is 174 Å². The number of aromatic nitrogens is 2. The van der Waals surface area contributed by atoms with Gasteiger partial charge in [0.15, 0.2) is 0 Å². The van der Waals surface area contributed by atoms with Crippen molar-refractivity contribution >= 4 is 22.8 Å². The third kappa shape index (κ3) is 4.35. The van der Waals surface area contributed by atoms with Crippen molar-refractivity contribution < 1.29 is 14.0 Å². The number of fused-ring (bicyclic) bond motifs is 1. The summed E-state index contributed by atoms with van der Waals surface area (Å²) in [6.45, 7) is 4.36. The van der Waals surface area contributed by atoms with Crippen molar-refractivity contribution in [2.45, 2.75) is 26.3 Å². The molecule has 1 fully saturated rings. The maximum atomic E-state index is 13.4. The fourth-order valence-corrected chi connectivity index (χ4v) is 3.98. The van der Waals surface area contributed by atoms with Crippen molar-refractivity contribution in [3.8, 4) is 0 Å². The van der Waals surface area contributed by atoms with E-state index in [2.05, 4.69) is 4.98 Å². The molecule has 0 spiro atoms. The minimum absolute atomic E-state index is 0.0284. The van der Waals surface area contributed by atoms with Gasteiger partial charge in [-0.2, -0.15) is 0 Å². The number of para-hydroxylation sites is 2. The number of halogens is 1. The first-order valence-electron chi connectivity index (χ1n) is 10.2. The molecule has 2 aromatic carbocycles. The highest BCUT2D eigenvalue weighted by atomic mass is 19.1. The zero-order chi connectivity index (χ0) is 21.1. The summed E-state index contributed by atoms with van der Waals surface area (Å²) in [7, 11) is 0. The number of carbonyl (C=O) groups excluding carboxylic acids is 2. The normalized spacial score (nSPS) is 14.7. The van der Waals surface area contributed by atoms with Crippen LogP contribution in [-0.2, 0) is 22.6 Å². The summed E-state index contributed by atoms with van der Waals surface area (Å²) in [6.07, 6.45) is 0.899. The molecule has 156 valence electrons. The van der Waals surface area contributed by atoms with Crippen LogP contribution in [0.15, 0.2) is 48.5 Å². The topological polar surface area (TPSA) is 58.4 Å². The van der Waals surface area contributed by atoms with E-state index in [4.69, 9.17) is 0 Å². The van der Waals surface area contributed by atoms with Gasteiger partial charge in [-0.15, -0.1) is 0 Å². The average molecular weight is 408 g/mol. The van der Waals surface area contributed by atoms with Crippen molar-refractivity contribution in [3.63, 3.8) is 0 Å². The zero-order valence-electron chi connectivity index (χ0n) is 17.1. The summed E-state index contributed by atoms with van der Waals surface area (Å²) in [5.74, 6) is 0.466. The molecule has 0 aliphatic carbocycles. The summed E-state index contributed by atoms with van der Waals surface area (Å²) in [4.78, 5) is 33.7. The van der Waals surface area contributed by atoms with Crippen molar-refractivity contribution in [2.75, 3.05) is 26.2 Å². The van der Waals surface area contributed by atoms with Gasteiger partial charge in [0.1, 0.15) is 18.2 Å². The molecule has 6 nitrogen and oxygen atoms in total. The van der Waals surface area contributed by atoms with E-state index in [0.29, 0.717) is 31.7 Å². The van der Waals surface area contributed by atoms with Gasteiger partial charge in [-0.1, -0.05) is 24.3 Å². The molecular weight excluding hydrogens is 383 g/mol. The molecule has 0 bridgehead atoms. The Balaban J connectivity index is 1.38. The first-order chi connectivity index (χ1) is 14.5. The summed E-state index contributed by atoms with van der Waals surface area (Å²) in [5.41, 5.74) is 2.50. The molecule has 4 rings (SSSR count). The van der Waals surface area contributed by atoms with Crippen molar-refractivity contribution in [2.24, 2.45) is 0 Å². The maximum absolute atomic E-state index is 13.4. The van der Waals surface area contributed by atoms with E-state index in [9.17, 15) is 14.0 Å². The number of carbonyl (C=O) groups is 2. The second-order valence-corrected chi connectivity index (χ2v) is 7.66. The van der Waals surface area contributed by atoms with Gasteiger partial charge in [-0.25, -0.2) is 9.37 Å². The number of rotatable bonds is 4. The fraction of sp³-hybridized carbons (Fsp3) is 0.348. The molecule has 2 heterocycles. The molecule has 0 saturated carbocycles. The van der Waals surface area contributed by atoms with Crippen LogP contribution in [0.2, 0.25) is 0 Å². The van der Waals surface area contributed by atoms with Crippen LogP contribution in [0.3, 0.4) is 0 Å². The van der Waals surface area contributed by atoms with Crippen LogP contribution in [-0.4, -0.2) is 57.3 Å². The smallest absolute Gasteiger partial charge is 0.242 e. The van der Waals surface area contributed by atoms with E-state index in [1.54, 1.807) is 17.0 Å². The minimum atomic E-state index is -0.338. The van der Waals surface area contributed by atoms with Gasteiger partial charge >= 0.3 is 0 Å². The predicted octanol–water partition coefficient (Wildman–Crippen LogP) is 2.79. The molecular formula is C23H25FN4O2. The highest BCUT2D eigenvalue weighted by Gasteiger charge is 2.23. The molecule has 0 N–H and O–H groups in total. The number of hydrogen-bond donors (Lipinski definition) is 0. The van der Waals surface area contributed by atoms with Crippen LogP contribution < -0.4 is 0 Å². The largest absolute Gasteiger partial charge is 0.341 e. The monoisotopic (exact) mass is 408 g/mol. The first-order valence-corrected chi connectivity index (χ1v) is 10.2. The number of aryl methyl sites for hydroxylation is 1. The standard InChI is InChI=1S/C23H25FN4O2/c1-17-25-20-8-2-3-9-21(20)28(17)16-23(30)27-11-5-10-26(12-13-27)22(29)15-18-6-4-7-19(24)14-18/h2-4,6-9,14H,5,10-13,15-16H2,1H3. The lowest BCUT2D eigenvalue weighted by molar-refractivity contribution is -0.133. The van der Waals surface area contributed by atoms with Gasteiger partial charge in [0, 0.05) is 26.2 Å². The zero-order valence-corrected chi connectivity index (χ0v) is 17.1. The SMILES string of the molecule is Cc1nc2ccccc2n1CC(=O)N1CCCN(C(=O)Cc2cccc(F)c2)CC1. The van der Waals surface area contributed by atoms with Crippen LogP contribution >= 0.6 is 0 Å². The predicted molar refractivity (Wildman–Crippen MR) is 112 cm³/mol. The number of hydrogen-bond acceptors (Lipinski definition) is 3. The molecule has 2 amide bonds. The van der Waals surface area contributed by atoms with E-state index >= 15 is 0 Å². The van der Waals surface area contributed by atoms with Crippen molar-refractivity contribution in [1.82, 2.24) is 19.4 Å². The van der Waals surface area contributed by atoms with Crippen molar-refractivity contribution in [3.05, 3.63) is 65.7 Å². The molecule has 0 radical (unpaired) electrons. The Morgan fingerprint density at radius 3 is 2.47 bits per heavy atom. The number of amides is 2. The third-order valence-corrected chi connectivity index (χ3v) is 5.58. The third-order valence-electron chi connectivity index (χ3n) is 5.58. The molecule has 1 aliphatic heterocycles. The summed E-state index contributed by atoms with van der Waals surface area (Å²) < 4.78 is 15.3. The Bertz CT molecular complexity index is 1080. The fourth-order valence-electron chi connectivity index (χ4n) is 3.98. The molecule has 1 aliphatic rings. The lowest BCUT2D eigenvalue weighted by Gasteiger charge is -2.23. The number of nitrogens with zero attached hydrogens (tertiary/aromatic N) is 4. The van der Waals surface area contributed by atoms with Crippen LogP contribution in [0.1, 0.15) is 17.8 Å². The van der Waals surface area contributed by atoms with Gasteiger partial charge < -0.3 is 14.4 Å². The molecule has 7 heteroatoms. The van der Waals surface area contributed by atoms with Gasteiger partial charge in [-0.3, -0.25) is 9.59 Å². The Morgan fingerprint density at radius 2 is 1.70 bits per heavy atom. The van der Waals surface area contributed by atoms with E-state index < -0.39 is 0 Å². The quantitative estimate of drug-likeness (QED) is 0.667. The number of imidazole rings is 1. The van der Waals surface area contributed by atoms with E-state index in [-0.39, 0.29) is 30.6 Å². The average Bonchev–Trinajstić information content (AvgIpc) is 2.90. The van der Waals surface area contributed by atoms with E-state index in [1.807, 2.05) is 40.7 Å². The second kappa shape index (κ2) is 8.65. The maximum Gasteiger partial charge on any atom is 0.242 e. The van der Waals surface area contributed by atoms with Crippen LogP contribution in [0.5, 0.6) is 0 Å². The van der Waals surface area contributed by atoms with Gasteiger partial charge in [0.2, 0.25) is 11.8 Å². The lowest BCUT2D eigenvalue weighted by Crippen LogP contribution is -2.39. The summed E-state index contributed by atoms with van der Waals surface area (Å²) in [6, 6.07) is 13.9. The number of benzene rings is 2. The van der Waals surface area contributed by atoms with Crippen LogP contribution in [0.25, 0.3) is 11.0 Å². The second-order valence-electron chi connectivity index (χ2n) is 7.66. The summed E-state index contributed by atoms with van der Waals surface area (Å²) in [5, 5.41) is 0. The minimum Gasteiger partial charge on any atom is -0.341 e. The van der Waals surface area contributed by atoms with Gasteiger partial charge in [0.25, 0.3) is 0 Å². The van der Waals surface area contributed by atoms with Crippen LogP contribution in [0.4, 0.5) is 4.39 Å². The molecule has 0 unspecified atom stereocenters. The Kier molecular flexibility index (Phi) is 5.79. The lowest BCUT2D eigenvalue weighted by atomic mass is 10.1. The van der Waals surface area contributed by atoms with Gasteiger partial charge in [-0.05, 0) is 43.2 Å². The molecule has 30 heavy (non-hydrogen) atoms. The molecule has 1 aromatic heterocycles. The first kappa shape index (κ1) is 20.1. The molecule has 0 atom stereocenters. The van der Waals surface area contributed by atoms with E-state index in [1.165, 1.54) is 12.1 Å².